The van der Waals surface area contributed by atoms with E-state index in [1.54, 1.807) is 6.20 Å². The summed E-state index contributed by atoms with van der Waals surface area (Å²) < 4.78 is 6.62. The number of carbonyl (C=O) groups excluding carboxylic acids is 1. The lowest BCUT2D eigenvalue weighted by Gasteiger charge is -2.29. The maximum absolute atomic E-state index is 12.8. The molecule has 0 spiro atoms. The summed E-state index contributed by atoms with van der Waals surface area (Å²) in [4.78, 5) is 29.2. The molecule has 2 saturated heterocycles. The zero-order valence-corrected chi connectivity index (χ0v) is 20.7. The summed E-state index contributed by atoms with van der Waals surface area (Å²) in [5.74, 6) is 0.429. The third-order valence-corrected chi connectivity index (χ3v) is 6.91. The van der Waals surface area contributed by atoms with Gasteiger partial charge in [0, 0.05) is 56.9 Å². The molecular formula is C24H29BrN6O2. The third-order valence-electron chi connectivity index (χ3n) is 6.33. The lowest BCUT2D eigenvalue weighted by Crippen LogP contribution is -2.42. The van der Waals surface area contributed by atoms with Crippen molar-refractivity contribution in [2.24, 2.45) is 5.92 Å². The van der Waals surface area contributed by atoms with Crippen LogP contribution in [0.15, 0.2) is 41.4 Å². The highest BCUT2D eigenvalue weighted by molar-refractivity contribution is 9.10. The molecule has 0 saturated carbocycles. The van der Waals surface area contributed by atoms with Gasteiger partial charge in [0.05, 0.1) is 27.3 Å². The number of nitrogens with zero attached hydrogens (tertiary/aromatic N) is 4. The van der Waals surface area contributed by atoms with E-state index in [1.165, 1.54) is 0 Å². The summed E-state index contributed by atoms with van der Waals surface area (Å²) >= 11 is 3.74. The Morgan fingerprint density at radius 1 is 1.33 bits per heavy atom. The molecule has 3 aromatic rings. The van der Waals surface area contributed by atoms with Crippen molar-refractivity contribution in [2.45, 2.75) is 45.4 Å². The number of pyridine rings is 2. The van der Waals surface area contributed by atoms with Gasteiger partial charge in [-0.25, -0.2) is 9.78 Å². The van der Waals surface area contributed by atoms with E-state index in [2.05, 4.69) is 47.2 Å². The Morgan fingerprint density at radius 2 is 2.18 bits per heavy atom. The Bertz CT molecular complexity index is 1160. The van der Waals surface area contributed by atoms with Gasteiger partial charge in [0.2, 0.25) is 0 Å². The van der Waals surface area contributed by atoms with Crippen LogP contribution in [0.2, 0.25) is 0 Å². The molecule has 2 unspecified atom stereocenters. The summed E-state index contributed by atoms with van der Waals surface area (Å²) in [7, 11) is 0. The molecule has 9 heteroatoms. The Kier molecular flexibility index (Phi) is 5.68. The molecule has 5 heterocycles. The van der Waals surface area contributed by atoms with E-state index in [0.717, 1.165) is 58.5 Å². The predicted molar refractivity (Wildman–Crippen MR) is 132 cm³/mol. The van der Waals surface area contributed by atoms with Gasteiger partial charge in [-0.2, -0.15) is 0 Å². The maximum Gasteiger partial charge on any atom is 0.410 e. The average Bonchev–Trinajstić information content (AvgIpc) is 3.46. The number of aromatic amines is 1. The Morgan fingerprint density at radius 3 is 2.94 bits per heavy atom. The number of hydrogen-bond donors (Lipinski definition) is 2. The van der Waals surface area contributed by atoms with E-state index in [4.69, 9.17) is 4.74 Å². The van der Waals surface area contributed by atoms with Gasteiger partial charge in [0.25, 0.3) is 0 Å². The second-order valence-electron chi connectivity index (χ2n) is 9.79. The van der Waals surface area contributed by atoms with Crippen molar-refractivity contribution in [2.75, 3.05) is 29.9 Å². The van der Waals surface area contributed by atoms with Gasteiger partial charge in [0.1, 0.15) is 11.2 Å². The van der Waals surface area contributed by atoms with Crippen LogP contribution in [0.3, 0.4) is 0 Å². The first-order valence-electron chi connectivity index (χ1n) is 11.3. The molecule has 5 rings (SSSR count). The van der Waals surface area contributed by atoms with Gasteiger partial charge in [-0.15, -0.1) is 0 Å². The number of aromatic nitrogens is 3. The molecule has 33 heavy (non-hydrogen) atoms. The zero-order valence-electron chi connectivity index (χ0n) is 19.1. The fraction of sp³-hybridized carbons (Fsp3) is 0.458. The van der Waals surface area contributed by atoms with E-state index in [1.807, 2.05) is 50.3 Å². The molecule has 2 aliphatic heterocycles. The summed E-state index contributed by atoms with van der Waals surface area (Å²) in [6, 6.07) is 4.15. The number of amides is 1. The molecule has 174 valence electrons. The number of H-pyrrole nitrogens is 1. The van der Waals surface area contributed by atoms with Crippen LogP contribution in [0.5, 0.6) is 0 Å². The van der Waals surface area contributed by atoms with Crippen molar-refractivity contribution in [3.63, 3.8) is 0 Å². The number of nitrogens with one attached hydrogen (secondary N) is 2. The van der Waals surface area contributed by atoms with Crippen molar-refractivity contribution in [1.82, 2.24) is 19.9 Å². The zero-order chi connectivity index (χ0) is 23.2. The number of hydrogen-bond acceptors (Lipinski definition) is 6. The van der Waals surface area contributed by atoms with E-state index >= 15 is 0 Å². The first kappa shape index (κ1) is 22.0. The van der Waals surface area contributed by atoms with Crippen molar-refractivity contribution in [3.05, 3.63) is 47.0 Å². The van der Waals surface area contributed by atoms with Crippen molar-refractivity contribution >= 4 is 44.4 Å². The minimum absolute atomic E-state index is 0.153. The molecule has 2 N–H and O–H groups in total. The van der Waals surface area contributed by atoms with Crippen LogP contribution in [-0.4, -0.2) is 57.2 Å². The summed E-state index contributed by atoms with van der Waals surface area (Å²) in [6.45, 7) is 8.84. The Labute approximate surface area is 201 Å². The first-order valence-corrected chi connectivity index (χ1v) is 12.1. The quantitative estimate of drug-likeness (QED) is 0.523. The number of rotatable bonds is 4. The van der Waals surface area contributed by atoms with Crippen LogP contribution in [0.25, 0.3) is 11.0 Å². The number of anilines is 2. The number of likely N-dealkylation sites (tertiary alicyclic amines) is 1. The van der Waals surface area contributed by atoms with Crippen molar-refractivity contribution < 1.29 is 9.53 Å². The molecule has 0 aromatic carbocycles. The van der Waals surface area contributed by atoms with Crippen LogP contribution >= 0.6 is 15.9 Å². The van der Waals surface area contributed by atoms with Crippen LogP contribution in [0.1, 0.15) is 32.8 Å². The van der Waals surface area contributed by atoms with Gasteiger partial charge in [-0.05, 0) is 54.8 Å². The lowest BCUT2D eigenvalue weighted by atomic mass is 10.1. The fourth-order valence-electron chi connectivity index (χ4n) is 4.90. The topological polar surface area (TPSA) is 86.4 Å². The van der Waals surface area contributed by atoms with Gasteiger partial charge in [-0.3, -0.25) is 4.98 Å². The van der Waals surface area contributed by atoms with Crippen LogP contribution in [0.4, 0.5) is 16.2 Å². The third kappa shape index (κ3) is 4.38. The summed E-state index contributed by atoms with van der Waals surface area (Å²) in [5.41, 5.74) is 3.56. The molecule has 0 aliphatic carbocycles. The lowest BCUT2D eigenvalue weighted by molar-refractivity contribution is 0.0229. The van der Waals surface area contributed by atoms with Crippen LogP contribution < -0.4 is 10.2 Å². The van der Waals surface area contributed by atoms with Crippen molar-refractivity contribution in [3.8, 4) is 0 Å². The molecule has 2 fully saturated rings. The minimum Gasteiger partial charge on any atom is -0.444 e. The molecule has 1 amide bonds. The largest absolute Gasteiger partial charge is 0.444 e. The van der Waals surface area contributed by atoms with E-state index in [-0.39, 0.29) is 12.1 Å². The summed E-state index contributed by atoms with van der Waals surface area (Å²) in [5, 5.41) is 4.59. The molecular weight excluding hydrogens is 484 g/mol. The maximum atomic E-state index is 12.8. The fourth-order valence-corrected chi connectivity index (χ4v) is 5.45. The van der Waals surface area contributed by atoms with Crippen LogP contribution in [-0.2, 0) is 11.3 Å². The highest BCUT2D eigenvalue weighted by atomic mass is 79.9. The standard InChI is InChI=1S/C24H29BrN6O2/c1-24(2,3)33-23(32)31-8-6-16-13-30(14-19(16)31)21-17(25)11-28-22-20(21)18(12-29-22)27-10-15-5-4-7-26-9-15/h4-5,7,9,11-12,16,19,27H,6,8,10,13-14H2,1-3H3,(H,28,29). The monoisotopic (exact) mass is 512 g/mol. The highest BCUT2D eigenvalue weighted by Gasteiger charge is 2.45. The van der Waals surface area contributed by atoms with Gasteiger partial charge >= 0.3 is 6.09 Å². The van der Waals surface area contributed by atoms with E-state index in [9.17, 15) is 4.79 Å². The molecule has 2 atom stereocenters. The normalized spacial score (nSPS) is 20.4. The average molecular weight is 513 g/mol. The number of ether oxygens (including phenoxy) is 1. The molecule has 8 nitrogen and oxygen atoms in total. The molecule has 0 radical (unpaired) electrons. The van der Waals surface area contributed by atoms with E-state index < -0.39 is 5.60 Å². The smallest absolute Gasteiger partial charge is 0.410 e. The predicted octanol–water partition coefficient (Wildman–Crippen LogP) is 4.78. The second-order valence-corrected chi connectivity index (χ2v) is 10.6. The van der Waals surface area contributed by atoms with Crippen molar-refractivity contribution in [1.29, 1.82) is 0 Å². The van der Waals surface area contributed by atoms with Gasteiger partial charge < -0.3 is 24.8 Å². The van der Waals surface area contributed by atoms with E-state index in [0.29, 0.717) is 12.5 Å². The summed E-state index contributed by atoms with van der Waals surface area (Å²) in [6.07, 6.45) is 8.23. The van der Waals surface area contributed by atoms with Gasteiger partial charge in [-0.1, -0.05) is 6.07 Å². The first-order chi connectivity index (χ1) is 15.8. The van der Waals surface area contributed by atoms with Gasteiger partial charge in [0.15, 0.2) is 0 Å². The second kappa shape index (κ2) is 8.52. The number of fused-ring (bicyclic) bond motifs is 2. The SMILES string of the molecule is CC(C)(C)OC(=O)N1CCC2CN(c3c(Br)cnc4[nH]cc(NCc5cccnc5)c34)CC21. The molecule has 3 aromatic heterocycles. The minimum atomic E-state index is -0.492. The molecule has 2 aliphatic rings. The highest BCUT2D eigenvalue weighted by Crippen LogP contribution is 2.42. The molecule has 0 bridgehead atoms. The Balaban J connectivity index is 1.40. The number of carbonyl (C=O) groups is 1. The Hall–Kier alpha value is -2.81. The van der Waals surface area contributed by atoms with Crippen LogP contribution in [0, 0.1) is 5.92 Å². The number of halogens is 1.